The van der Waals surface area contributed by atoms with Crippen molar-refractivity contribution in [2.45, 2.75) is 11.1 Å². The Bertz CT molecular complexity index is 1430. The summed E-state index contributed by atoms with van der Waals surface area (Å²) in [5, 5.41) is 5.34. The van der Waals surface area contributed by atoms with E-state index in [1.807, 2.05) is 0 Å². The molecule has 0 saturated carbocycles. The van der Waals surface area contributed by atoms with Gasteiger partial charge in [-0.3, -0.25) is 0 Å². The fraction of sp³-hybridized carbons (Fsp3) is 0.0870. The highest BCUT2D eigenvalue weighted by atomic mass is 32.2. The molecule has 0 amide bonds. The number of halogens is 3. The molecule has 0 aliphatic heterocycles. The minimum atomic E-state index is -4.39. The Balaban J connectivity index is 1.55. The lowest BCUT2D eigenvalue weighted by atomic mass is 10.1. The Kier molecular flexibility index (Phi) is 5.96. The maximum atomic E-state index is 12.2. The van der Waals surface area contributed by atoms with Gasteiger partial charge in [0.15, 0.2) is 6.61 Å². The molecule has 0 fully saturated rings. The molecule has 33 heavy (non-hydrogen) atoms. The lowest BCUT2D eigenvalue weighted by molar-refractivity contribution is -0.153. The van der Waals surface area contributed by atoms with Gasteiger partial charge in [0.25, 0.3) is 0 Å². The van der Waals surface area contributed by atoms with E-state index in [1.165, 1.54) is 18.2 Å². The molecule has 170 valence electrons. The fourth-order valence-electron chi connectivity index (χ4n) is 3.24. The minimum Gasteiger partial charge on any atom is -0.484 e. The molecule has 1 aromatic heterocycles. The van der Waals surface area contributed by atoms with Gasteiger partial charge in [-0.05, 0) is 47.5 Å². The average Bonchev–Trinajstić information content (AvgIpc) is 3.18. The van der Waals surface area contributed by atoms with Crippen molar-refractivity contribution in [3.63, 3.8) is 0 Å². The highest BCUT2D eigenvalue weighted by Crippen LogP contribution is 2.29. The van der Waals surface area contributed by atoms with Gasteiger partial charge in [-0.15, -0.1) is 0 Å². The van der Waals surface area contributed by atoms with Crippen molar-refractivity contribution < 1.29 is 26.3 Å². The molecule has 0 bridgehead atoms. The van der Waals surface area contributed by atoms with E-state index in [4.69, 9.17) is 9.88 Å². The van der Waals surface area contributed by atoms with Crippen LogP contribution < -0.4 is 9.88 Å². The second kappa shape index (κ2) is 8.72. The molecule has 0 atom stereocenters. The zero-order chi connectivity index (χ0) is 23.6. The zero-order valence-electron chi connectivity index (χ0n) is 17.0. The number of ether oxygens (including phenoxy) is 1. The summed E-state index contributed by atoms with van der Waals surface area (Å²) in [4.78, 5) is 7.66. The molecular weight excluding hydrogens is 455 g/mol. The van der Waals surface area contributed by atoms with E-state index < -0.39 is 22.8 Å². The van der Waals surface area contributed by atoms with Crippen LogP contribution in [0.1, 0.15) is 11.4 Å². The van der Waals surface area contributed by atoms with Crippen LogP contribution in [-0.2, 0) is 10.0 Å². The largest absolute Gasteiger partial charge is 0.484 e. The third-order valence-electron chi connectivity index (χ3n) is 4.72. The van der Waals surface area contributed by atoms with Crippen LogP contribution in [0.2, 0.25) is 0 Å². The van der Waals surface area contributed by atoms with E-state index in [2.05, 4.69) is 9.97 Å². The van der Waals surface area contributed by atoms with Gasteiger partial charge in [-0.25, -0.2) is 18.5 Å². The smallest absolute Gasteiger partial charge is 0.422 e. The van der Waals surface area contributed by atoms with Crippen molar-refractivity contribution in [3.05, 3.63) is 78.1 Å². The molecule has 0 spiro atoms. The first-order chi connectivity index (χ1) is 15.6. The number of benzene rings is 3. The Hall–Kier alpha value is -3.63. The monoisotopic (exact) mass is 473 g/mol. The van der Waals surface area contributed by atoms with Crippen molar-refractivity contribution in [2.75, 3.05) is 6.61 Å². The van der Waals surface area contributed by atoms with Gasteiger partial charge >= 0.3 is 6.18 Å². The van der Waals surface area contributed by atoms with Gasteiger partial charge in [0, 0.05) is 5.56 Å². The molecule has 4 rings (SSSR count). The third-order valence-corrected chi connectivity index (χ3v) is 5.69. The standard InChI is InChI=1S/C23H18F3N3O3S/c24-23(25,26)14-32-17-9-5-15(6-10-17)7-12-22-28-19-11-8-16(13-20(19)29-22)18-3-1-2-4-21(18)33(27,30)31/h1-13H,14H2,(H,28,29)(H2,27,30,31)/b12-7+. The molecule has 0 saturated heterocycles. The zero-order valence-corrected chi connectivity index (χ0v) is 17.8. The van der Waals surface area contributed by atoms with Gasteiger partial charge in [0.05, 0.1) is 15.9 Å². The molecule has 3 aromatic carbocycles. The summed E-state index contributed by atoms with van der Waals surface area (Å²) in [7, 11) is -3.88. The van der Waals surface area contributed by atoms with Crippen LogP contribution >= 0.6 is 0 Å². The fourth-order valence-corrected chi connectivity index (χ4v) is 4.01. The molecule has 1 heterocycles. The highest BCUT2D eigenvalue weighted by molar-refractivity contribution is 7.89. The van der Waals surface area contributed by atoms with Crippen LogP contribution in [0.5, 0.6) is 5.75 Å². The maximum absolute atomic E-state index is 12.2. The first-order valence-electron chi connectivity index (χ1n) is 9.68. The van der Waals surface area contributed by atoms with Gasteiger partial charge in [-0.2, -0.15) is 13.2 Å². The van der Waals surface area contributed by atoms with Crippen LogP contribution in [0.3, 0.4) is 0 Å². The van der Waals surface area contributed by atoms with E-state index in [0.29, 0.717) is 28.0 Å². The summed E-state index contributed by atoms with van der Waals surface area (Å²) in [5.41, 5.74) is 3.29. The summed E-state index contributed by atoms with van der Waals surface area (Å²) < 4.78 is 65.2. The summed E-state index contributed by atoms with van der Waals surface area (Å²) >= 11 is 0. The van der Waals surface area contributed by atoms with Gasteiger partial charge in [0.1, 0.15) is 11.6 Å². The summed E-state index contributed by atoms with van der Waals surface area (Å²) in [6.45, 7) is -1.34. The quantitative estimate of drug-likeness (QED) is 0.412. The minimum absolute atomic E-state index is 0.0339. The Labute approximate surface area is 187 Å². The number of H-pyrrole nitrogens is 1. The van der Waals surface area contributed by atoms with E-state index in [0.717, 1.165) is 5.56 Å². The van der Waals surface area contributed by atoms with Crippen molar-refractivity contribution in [1.82, 2.24) is 9.97 Å². The van der Waals surface area contributed by atoms with E-state index in [9.17, 15) is 21.6 Å². The van der Waals surface area contributed by atoms with Crippen molar-refractivity contribution in [2.24, 2.45) is 5.14 Å². The van der Waals surface area contributed by atoms with Crippen molar-refractivity contribution in [1.29, 1.82) is 0 Å². The van der Waals surface area contributed by atoms with E-state index in [-0.39, 0.29) is 10.6 Å². The Morgan fingerprint density at radius 2 is 1.73 bits per heavy atom. The predicted molar refractivity (Wildman–Crippen MR) is 120 cm³/mol. The van der Waals surface area contributed by atoms with E-state index >= 15 is 0 Å². The van der Waals surface area contributed by atoms with Crippen LogP contribution in [0.15, 0.2) is 71.6 Å². The molecular formula is C23H18F3N3O3S. The maximum Gasteiger partial charge on any atom is 0.422 e. The Morgan fingerprint density at radius 3 is 2.42 bits per heavy atom. The number of primary sulfonamides is 1. The molecule has 0 radical (unpaired) electrons. The molecule has 6 nitrogen and oxygen atoms in total. The Morgan fingerprint density at radius 1 is 1.00 bits per heavy atom. The number of hydrogen-bond donors (Lipinski definition) is 2. The lowest BCUT2D eigenvalue weighted by Gasteiger charge is -2.08. The number of nitrogens with one attached hydrogen (secondary N) is 1. The number of aromatic nitrogens is 2. The normalized spacial score (nSPS) is 12.5. The molecule has 4 aromatic rings. The van der Waals surface area contributed by atoms with Gasteiger partial charge in [-0.1, -0.05) is 42.5 Å². The lowest BCUT2D eigenvalue weighted by Crippen LogP contribution is -2.19. The number of aromatic amines is 1. The highest BCUT2D eigenvalue weighted by Gasteiger charge is 2.28. The number of rotatable bonds is 6. The van der Waals surface area contributed by atoms with Crippen molar-refractivity contribution >= 4 is 33.2 Å². The SMILES string of the molecule is NS(=O)(=O)c1ccccc1-c1ccc2nc(/C=C/c3ccc(OCC(F)(F)F)cc3)[nH]c2c1. The number of hydrogen-bond acceptors (Lipinski definition) is 4. The van der Waals surface area contributed by atoms with Gasteiger partial charge in [0.2, 0.25) is 10.0 Å². The van der Waals surface area contributed by atoms with Crippen LogP contribution in [0, 0.1) is 0 Å². The molecule has 0 unspecified atom stereocenters. The van der Waals surface area contributed by atoms with Crippen LogP contribution in [0.25, 0.3) is 34.3 Å². The number of fused-ring (bicyclic) bond motifs is 1. The molecule has 3 N–H and O–H groups in total. The van der Waals surface area contributed by atoms with Crippen molar-refractivity contribution in [3.8, 4) is 16.9 Å². The van der Waals surface area contributed by atoms with Crippen LogP contribution in [-0.4, -0.2) is 31.2 Å². The number of sulfonamides is 1. The molecule has 10 heteroatoms. The number of alkyl halides is 3. The first kappa shape index (κ1) is 22.6. The van der Waals surface area contributed by atoms with Crippen LogP contribution in [0.4, 0.5) is 13.2 Å². The summed E-state index contributed by atoms with van der Waals surface area (Å²) in [6.07, 6.45) is -0.910. The summed E-state index contributed by atoms with van der Waals surface area (Å²) in [5.74, 6) is 0.680. The molecule has 0 aliphatic rings. The second-order valence-corrected chi connectivity index (χ2v) is 8.73. The van der Waals surface area contributed by atoms with E-state index in [1.54, 1.807) is 60.7 Å². The predicted octanol–water partition coefficient (Wildman–Crippen LogP) is 4.99. The average molecular weight is 473 g/mol. The summed E-state index contributed by atoms with van der Waals surface area (Å²) in [6, 6.07) is 18.0. The van der Waals surface area contributed by atoms with Gasteiger partial charge < -0.3 is 9.72 Å². The number of nitrogens with zero attached hydrogens (tertiary/aromatic N) is 1. The molecule has 0 aliphatic carbocycles. The third kappa shape index (κ3) is 5.60. The second-order valence-electron chi connectivity index (χ2n) is 7.20. The topological polar surface area (TPSA) is 98.1 Å². The first-order valence-corrected chi connectivity index (χ1v) is 11.2. The number of nitrogens with two attached hydrogens (primary N) is 1. The number of imidazole rings is 1.